The first-order valence-corrected chi connectivity index (χ1v) is 6.04. The molecule has 5 heteroatoms. The van der Waals surface area contributed by atoms with Gasteiger partial charge in [0.15, 0.2) is 0 Å². The van der Waals surface area contributed by atoms with Gasteiger partial charge in [0.1, 0.15) is 6.10 Å². The van der Waals surface area contributed by atoms with Gasteiger partial charge in [-0.15, -0.1) is 0 Å². The molecule has 2 aromatic rings. The van der Waals surface area contributed by atoms with Crippen LogP contribution in [-0.2, 0) is 0 Å². The number of hydrogen-bond donors (Lipinski definition) is 3. The number of aromatic nitrogens is 2. The molecule has 0 bridgehead atoms. The maximum absolute atomic E-state index is 9.89. The molecule has 0 aliphatic carbocycles. The van der Waals surface area contributed by atoms with Crippen LogP contribution >= 0.6 is 12.6 Å². The minimum atomic E-state index is -1.01. The van der Waals surface area contributed by atoms with Gasteiger partial charge in [-0.1, -0.05) is 12.1 Å². The Balaban J connectivity index is 2.29. The van der Waals surface area contributed by atoms with Crippen molar-refractivity contribution in [1.29, 1.82) is 0 Å². The van der Waals surface area contributed by atoms with Gasteiger partial charge in [-0.2, -0.15) is 12.6 Å². The number of para-hydroxylation sites is 2. The van der Waals surface area contributed by atoms with Crippen molar-refractivity contribution in [3.05, 3.63) is 36.2 Å². The van der Waals surface area contributed by atoms with Crippen molar-refractivity contribution in [3.63, 3.8) is 0 Å². The molecule has 0 radical (unpaired) electrons. The second kappa shape index (κ2) is 5.44. The average molecular weight is 250 g/mol. The number of benzene rings is 1. The predicted octanol–water partition coefficient (Wildman–Crippen LogP) is 1.34. The van der Waals surface area contributed by atoms with E-state index in [0.717, 1.165) is 5.52 Å². The van der Waals surface area contributed by atoms with Gasteiger partial charge < -0.3 is 10.2 Å². The van der Waals surface area contributed by atoms with Crippen molar-refractivity contribution in [2.24, 2.45) is 0 Å². The van der Waals surface area contributed by atoms with E-state index in [9.17, 15) is 10.2 Å². The van der Waals surface area contributed by atoms with Crippen LogP contribution in [0.2, 0.25) is 0 Å². The third-order valence-electron chi connectivity index (χ3n) is 2.56. The first-order chi connectivity index (χ1) is 8.22. The summed E-state index contributed by atoms with van der Waals surface area (Å²) in [5.74, 6) is 0.513. The van der Waals surface area contributed by atoms with Gasteiger partial charge in [0.25, 0.3) is 0 Å². The molecule has 17 heavy (non-hydrogen) atoms. The first-order valence-electron chi connectivity index (χ1n) is 5.41. The molecule has 0 saturated carbocycles. The zero-order chi connectivity index (χ0) is 12.3. The van der Waals surface area contributed by atoms with Crippen molar-refractivity contribution >= 4 is 23.7 Å². The van der Waals surface area contributed by atoms with Crippen LogP contribution in [0.5, 0.6) is 0 Å². The van der Waals surface area contributed by atoms with E-state index in [1.54, 1.807) is 0 Å². The normalized spacial score (nSPS) is 14.8. The SMILES string of the molecule is OC(CCS)C(O)c1cnc2ccccc2n1. The van der Waals surface area contributed by atoms with Crippen LogP contribution in [0.3, 0.4) is 0 Å². The molecular weight excluding hydrogens is 236 g/mol. The number of hydrogen-bond acceptors (Lipinski definition) is 5. The summed E-state index contributed by atoms with van der Waals surface area (Å²) in [5.41, 5.74) is 1.87. The molecule has 2 N–H and O–H groups in total. The number of rotatable bonds is 4. The van der Waals surface area contributed by atoms with E-state index in [0.29, 0.717) is 23.4 Å². The maximum atomic E-state index is 9.89. The molecule has 1 aromatic carbocycles. The lowest BCUT2D eigenvalue weighted by molar-refractivity contribution is 0.0147. The van der Waals surface area contributed by atoms with E-state index in [1.807, 2.05) is 24.3 Å². The zero-order valence-electron chi connectivity index (χ0n) is 9.19. The molecule has 1 aromatic heterocycles. The molecule has 2 rings (SSSR count). The molecule has 90 valence electrons. The van der Waals surface area contributed by atoms with Crippen LogP contribution in [0.15, 0.2) is 30.5 Å². The lowest BCUT2D eigenvalue weighted by Crippen LogP contribution is -2.19. The van der Waals surface area contributed by atoms with E-state index < -0.39 is 12.2 Å². The highest BCUT2D eigenvalue weighted by Crippen LogP contribution is 2.19. The number of nitrogens with zero attached hydrogens (tertiary/aromatic N) is 2. The van der Waals surface area contributed by atoms with Gasteiger partial charge in [0.05, 0.1) is 29.0 Å². The number of aliphatic hydroxyl groups is 2. The highest BCUT2D eigenvalue weighted by atomic mass is 32.1. The van der Waals surface area contributed by atoms with Gasteiger partial charge in [-0.25, -0.2) is 4.98 Å². The number of aliphatic hydroxyl groups excluding tert-OH is 2. The second-order valence-electron chi connectivity index (χ2n) is 3.81. The lowest BCUT2D eigenvalue weighted by atomic mass is 10.1. The lowest BCUT2D eigenvalue weighted by Gasteiger charge is -2.16. The molecule has 2 unspecified atom stereocenters. The van der Waals surface area contributed by atoms with E-state index in [1.165, 1.54) is 6.20 Å². The smallest absolute Gasteiger partial charge is 0.123 e. The van der Waals surface area contributed by atoms with Crippen molar-refractivity contribution in [3.8, 4) is 0 Å². The Labute approximate surface area is 105 Å². The van der Waals surface area contributed by atoms with Crippen LogP contribution in [0.1, 0.15) is 18.2 Å². The minimum Gasteiger partial charge on any atom is -0.390 e. The van der Waals surface area contributed by atoms with E-state index in [2.05, 4.69) is 22.6 Å². The molecule has 4 nitrogen and oxygen atoms in total. The fraction of sp³-hybridized carbons (Fsp3) is 0.333. The van der Waals surface area contributed by atoms with E-state index in [-0.39, 0.29) is 0 Å². The Kier molecular flexibility index (Phi) is 3.93. The molecular formula is C12H14N2O2S. The Morgan fingerprint density at radius 1 is 1.18 bits per heavy atom. The molecule has 0 amide bonds. The number of fused-ring (bicyclic) bond motifs is 1. The highest BCUT2D eigenvalue weighted by molar-refractivity contribution is 7.80. The van der Waals surface area contributed by atoms with Crippen molar-refractivity contribution in [1.82, 2.24) is 9.97 Å². The molecule has 2 atom stereocenters. The van der Waals surface area contributed by atoms with Crippen LogP contribution < -0.4 is 0 Å². The molecule has 0 saturated heterocycles. The molecule has 0 spiro atoms. The van der Waals surface area contributed by atoms with Gasteiger partial charge in [0.2, 0.25) is 0 Å². The Hall–Kier alpha value is -1.17. The van der Waals surface area contributed by atoms with Gasteiger partial charge in [-0.05, 0) is 24.3 Å². The highest BCUT2D eigenvalue weighted by Gasteiger charge is 2.19. The monoisotopic (exact) mass is 250 g/mol. The largest absolute Gasteiger partial charge is 0.390 e. The van der Waals surface area contributed by atoms with Crippen molar-refractivity contribution in [2.75, 3.05) is 5.75 Å². The number of thiol groups is 1. The van der Waals surface area contributed by atoms with Crippen LogP contribution in [0.4, 0.5) is 0 Å². The summed E-state index contributed by atoms with van der Waals surface area (Å²) in [6, 6.07) is 7.41. The van der Waals surface area contributed by atoms with Crippen LogP contribution in [0.25, 0.3) is 11.0 Å². The maximum Gasteiger partial charge on any atom is 0.123 e. The third-order valence-corrected chi connectivity index (χ3v) is 2.82. The van der Waals surface area contributed by atoms with Gasteiger partial charge in [0, 0.05) is 0 Å². The summed E-state index contributed by atoms with van der Waals surface area (Å²) in [6.07, 6.45) is 0.0373. The summed E-state index contributed by atoms with van der Waals surface area (Å²) < 4.78 is 0. The average Bonchev–Trinajstić information content (AvgIpc) is 2.37. The Morgan fingerprint density at radius 3 is 2.59 bits per heavy atom. The van der Waals surface area contributed by atoms with Crippen LogP contribution in [0, 0.1) is 0 Å². The zero-order valence-corrected chi connectivity index (χ0v) is 10.1. The van der Waals surface area contributed by atoms with Crippen molar-refractivity contribution < 1.29 is 10.2 Å². The molecule has 0 aliphatic rings. The fourth-order valence-corrected chi connectivity index (χ4v) is 1.87. The molecule has 0 fully saturated rings. The molecule has 0 aliphatic heterocycles. The predicted molar refractivity (Wildman–Crippen MR) is 69.0 cm³/mol. The van der Waals surface area contributed by atoms with E-state index in [4.69, 9.17) is 0 Å². The summed E-state index contributed by atoms with van der Waals surface area (Å²) in [5, 5.41) is 19.6. The Bertz CT molecular complexity index is 507. The quantitative estimate of drug-likeness (QED) is 0.716. The summed E-state index contributed by atoms with van der Waals surface area (Å²) in [6.45, 7) is 0. The summed E-state index contributed by atoms with van der Waals surface area (Å²) in [4.78, 5) is 8.47. The first kappa shape index (κ1) is 12.3. The fourth-order valence-electron chi connectivity index (χ4n) is 1.60. The third kappa shape index (κ3) is 2.74. The van der Waals surface area contributed by atoms with Crippen molar-refractivity contribution in [2.45, 2.75) is 18.6 Å². The van der Waals surface area contributed by atoms with Gasteiger partial charge >= 0.3 is 0 Å². The topological polar surface area (TPSA) is 66.2 Å². The Morgan fingerprint density at radius 2 is 1.88 bits per heavy atom. The van der Waals surface area contributed by atoms with E-state index >= 15 is 0 Å². The summed E-state index contributed by atoms with van der Waals surface area (Å²) in [7, 11) is 0. The van der Waals surface area contributed by atoms with Crippen LogP contribution in [-0.4, -0.2) is 32.0 Å². The summed E-state index contributed by atoms with van der Waals surface area (Å²) >= 11 is 4.02. The standard InChI is InChI=1S/C12H14N2O2S/c15-11(5-6-17)12(16)10-7-13-8-3-1-2-4-9(8)14-10/h1-4,7,11-12,15-17H,5-6H2. The minimum absolute atomic E-state index is 0.387. The second-order valence-corrected chi connectivity index (χ2v) is 4.26. The molecule has 1 heterocycles. The van der Waals surface area contributed by atoms with Gasteiger partial charge in [-0.3, -0.25) is 4.98 Å².